The summed E-state index contributed by atoms with van der Waals surface area (Å²) in [6, 6.07) is 1.54. The van der Waals surface area contributed by atoms with Gasteiger partial charge in [0.15, 0.2) is 0 Å². The largest absolute Gasteiger partial charge is 0.355 e. The molecule has 1 rings (SSSR count). The van der Waals surface area contributed by atoms with Crippen LogP contribution >= 0.6 is 0 Å². The van der Waals surface area contributed by atoms with Gasteiger partial charge in [-0.2, -0.15) is 0 Å². The van der Waals surface area contributed by atoms with Crippen molar-refractivity contribution in [2.75, 3.05) is 6.54 Å². The van der Waals surface area contributed by atoms with Crippen LogP contribution in [-0.4, -0.2) is 28.5 Å². The first-order chi connectivity index (χ1) is 7.74. The van der Waals surface area contributed by atoms with Crippen LogP contribution in [0.4, 0.5) is 0 Å². The van der Waals surface area contributed by atoms with Crippen LogP contribution in [0.3, 0.4) is 0 Å². The first-order valence-corrected chi connectivity index (χ1v) is 5.51. The number of rotatable bonds is 6. The normalized spacial score (nSPS) is 12.1. The summed E-state index contributed by atoms with van der Waals surface area (Å²) in [5.41, 5.74) is 0. The van der Waals surface area contributed by atoms with Crippen molar-refractivity contribution in [1.29, 1.82) is 0 Å². The van der Waals surface area contributed by atoms with E-state index in [0.29, 0.717) is 18.9 Å². The van der Waals surface area contributed by atoms with E-state index in [-0.39, 0.29) is 11.9 Å². The molecule has 0 saturated carbocycles. The topological polar surface area (TPSA) is 66.9 Å². The predicted molar refractivity (Wildman–Crippen MR) is 61.6 cm³/mol. The molecule has 0 aliphatic rings. The third-order valence-electron chi connectivity index (χ3n) is 2.13. The maximum absolute atomic E-state index is 11.5. The molecule has 0 bridgehead atoms. The number of nitrogens with zero attached hydrogens (tertiary/aromatic N) is 2. The Morgan fingerprint density at radius 3 is 2.75 bits per heavy atom. The van der Waals surface area contributed by atoms with Crippen molar-refractivity contribution in [2.45, 2.75) is 32.9 Å². The van der Waals surface area contributed by atoms with Crippen molar-refractivity contribution in [3.63, 3.8) is 0 Å². The average Bonchev–Trinajstić information content (AvgIpc) is 2.34. The lowest BCUT2D eigenvalue weighted by Crippen LogP contribution is -2.42. The molecule has 88 valence electrons. The van der Waals surface area contributed by atoms with Gasteiger partial charge in [0.1, 0.15) is 5.82 Å². The van der Waals surface area contributed by atoms with Crippen LogP contribution in [0.15, 0.2) is 18.5 Å². The summed E-state index contributed by atoms with van der Waals surface area (Å²) < 4.78 is 0. The minimum atomic E-state index is -0.227. The van der Waals surface area contributed by atoms with Gasteiger partial charge in [-0.15, -0.1) is 0 Å². The minimum Gasteiger partial charge on any atom is -0.355 e. The van der Waals surface area contributed by atoms with Gasteiger partial charge >= 0.3 is 0 Å². The molecule has 1 amide bonds. The zero-order valence-electron chi connectivity index (χ0n) is 9.73. The van der Waals surface area contributed by atoms with Crippen molar-refractivity contribution >= 4 is 5.91 Å². The van der Waals surface area contributed by atoms with Crippen molar-refractivity contribution in [1.82, 2.24) is 20.6 Å². The lowest BCUT2D eigenvalue weighted by Gasteiger charge is -2.12. The fraction of sp³-hybridized carbons (Fsp3) is 0.545. The second-order valence-electron chi connectivity index (χ2n) is 3.56. The van der Waals surface area contributed by atoms with Crippen molar-refractivity contribution < 1.29 is 4.79 Å². The van der Waals surface area contributed by atoms with E-state index < -0.39 is 0 Å². The van der Waals surface area contributed by atoms with Crippen LogP contribution in [-0.2, 0) is 11.3 Å². The highest BCUT2D eigenvalue weighted by atomic mass is 16.2. The van der Waals surface area contributed by atoms with Crippen LogP contribution < -0.4 is 10.6 Å². The standard InChI is InChI=1S/C11H18N4O/c1-3-5-14-11(16)9(2)15-8-10-12-6-4-7-13-10/h4,6-7,9,15H,3,5,8H2,1-2H3,(H,14,16). The maximum Gasteiger partial charge on any atom is 0.236 e. The Bertz CT molecular complexity index is 315. The lowest BCUT2D eigenvalue weighted by atomic mass is 10.3. The van der Waals surface area contributed by atoms with E-state index in [4.69, 9.17) is 0 Å². The van der Waals surface area contributed by atoms with Gasteiger partial charge in [0.2, 0.25) is 5.91 Å². The highest BCUT2D eigenvalue weighted by molar-refractivity contribution is 5.81. The highest BCUT2D eigenvalue weighted by Crippen LogP contribution is 1.89. The summed E-state index contributed by atoms with van der Waals surface area (Å²) in [7, 11) is 0. The minimum absolute atomic E-state index is 0.0118. The van der Waals surface area contributed by atoms with Gasteiger partial charge in [-0.25, -0.2) is 9.97 Å². The van der Waals surface area contributed by atoms with Crippen LogP contribution in [0.1, 0.15) is 26.1 Å². The molecule has 1 heterocycles. The van der Waals surface area contributed by atoms with Crippen LogP contribution in [0.25, 0.3) is 0 Å². The van der Waals surface area contributed by atoms with Gasteiger partial charge in [-0.3, -0.25) is 10.1 Å². The van der Waals surface area contributed by atoms with Gasteiger partial charge in [0, 0.05) is 18.9 Å². The summed E-state index contributed by atoms with van der Waals surface area (Å²) >= 11 is 0. The van der Waals surface area contributed by atoms with E-state index in [1.54, 1.807) is 18.5 Å². The first kappa shape index (κ1) is 12.6. The number of aromatic nitrogens is 2. The van der Waals surface area contributed by atoms with Gasteiger partial charge < -0.3 is 5.32 Å². The number of hydrogen-bond acceptors (Lipinski definition) is 4. The number of amides is 1. The van der Waals surface area contributed by atoms with E-state index in [0.717, 1.165) is 6.42 Å². The van der Waals surface area contributed by atoms with Gasteiger partial charge in [0.25, 0.3) is 0 Å². The quantitative estimate of drug-likeness (QED) is 0.734. The second-order valence-corrected chi connectivity index (χ2v) is 3.56. The molecule has 0 aliphatic heterocycles. The third-order valence-corrected chi connectivity index (χ3v) is 2.13. The highest BCUT2D eigenvalue weighted by Gasteiger charge is 2.11. The average molecular weight is 222 g/mol. The van der Waals surface area contributed by atoms with E-state index in [2.05, 4.69) is 20.6 Å². The molecule has 0 saturated heterocycles. The Morgan fingerprint density at radius 1 is 1.44 bits per heavy atom. The molecule has 0 spiro atoms. The molecule has 1 unspecified atom stereocenters. The number of hydrogen-bond donors (Lipinski definition) is 2. The molecular weight excluding hydrogens is 204 g/mol. The Morgan fingerprint density at radius 2 is 2.12 bits per heavy atom. The first-order valence-electron chi connectivity index (χ1n) is 5.51. The van der Waals surface area contributed by atoms with Gasteiger partial charge in [-0.05, 0) is 19.4 Å². The van der Waals surface area contributed by atoms with Crippen molar-refractivity contribution in [3.05, 3.63) is 24.3 Å². The molecule has 1 atom stereocenters. The zero-order valence-corrected chi connectivity index (χ0v) is 9.73. The van der Waals surface area contributed by atoms with Crippen LogP contribution in [0, 0.1) is 0 Å². The Kier molecular flexibility index (Phi) is 5.42. The molecule has 1 aromatic heterocycles. The fourth-order valence-electron chi connectivity index (χ4n) is 1.16. The molecule has 16 heavy (non-hydrogen) atoms. The van der Waals surface area contributed by atoms with Crippen LogP contribution in [0.5, 0.6) is 0 Å². The van der Waals surface area contributed by atoms with E-state index in [1.807, 2.05) is 13.8 Å². The van der Waals surface area contributed by atoms with Crippen LogP contribution in [0.2, 0.25) is 0 Å². The monoisotopic (exact) mass is 222 g/mol. The Labute approximate surface area is 95.7 Å². The third kappa shape index (κ3) is 4.35. The molecule has 1 aromatic rings. The number of carbonyl (C=O) groups excluding carboxylic acids is 1. The summed E-state index contributed by atoms with van der Waals surface area (Å²) in [4.78, 5) is 19.6. The van der Waals surface area contributed by atoms with E-state index in [1.165, 1.54) is 0 Å². The Hall–Kier alpha value is -1.49. The molecule has 2 N–H and O–H groups in total. The molecule has 5 heteroatoms. The van der Waals surface area contributed by atoms with E-state index in [9.17, 15) is 4.79 Å². The fourth-order valence-corrected chi connectivity index (χ4v) is 1.16. The zero-order chi connectivity index (χ0) is 11.8. The van der Waals surface area contributed by atoms with Gasteiger partial charge in [0.05, 0.1) is 12.6 Å². The summed E-state index contributed by atoms with van der Waals surface area (Å²) in [5, 5.41) is 5.90. The van der Waals surface area contributed by atoms with Gasteiger partial charge in [-0.1, -0.05) is 6.92 Å². The molecule has 0 aromatic carbocycles. The maximum atomic E-state index is 11.5. The number of nitrogens with one attached hydrogen (secondary N) is 2. The van der Waals surface area contributed by atoms with E-state index >= 15 is 0 Å². The Balaban J connectivity index is 2.29. The molecule has 0 fully saturated rings. The summed E-state index contributed by atoms with van der Waals surface area (Å²) in [5.74, 6) is 0.704. The van der Waals surface area contributed by atoms with Crippen molar-refractivity contribution in [3.8, 4) is 0 Å². The molecule has 5 nitrogen and oxygen atoms in total. The smallest absolute Gasteiger partial charge is 0.236 e. The molecule has 0 aliphatic carbocycles. The summed E-state index contributed by atoms with van der Waals surface area (Å²) in [6.07, 6.45) is 4.32. The van der Waals surface area contributed by atoms with Crippen molar-refractivity contribution in [2.24, 2.45) is 0 Å². The summed E-state index contributed by atoms with van der Waals surface area (Å²) in [6.45, 7) is 5.07. The molecule has 0 radical (unpaired) electrons. The number of carbonyl (C=O) groups is 1. The predicted octanol–water partition coefficient (Wildman–Crippen LogP) is 0.481. The SMILES string of the molecule is CCCNC(=O)C(C)NCc1ncccn1. The second kappa shape index (κ2) is 6.90. The lowest BCUT2D eigenvalue weighted by molar-refractivity contribution is -0.122. The molecular formula is C11H18N4O.